The van der Waals surface area contributed by atoms with Crippen LogP contribution >= 0.6 is 0 Å². The van der Waals surface area contributed by atoms with Gasteiger partial charge in [-0.05, 0) is 74.7 Å². The SMILES string of the molecule is CC[C@H](C)NC(=O)[C@@H](C)N(Cc1ccc(OC)cc1)C(=O)CN(c1cccc(C)c1)S(=O)(=O)c1ccccc1. The molecule has 1 N–H and O–H groups in total. The zero-order valence-corrected chi connectivity index (χ0v) is 23.9. The Morgan fingerprint density at radius 1 is 0.949 bits per heavy atom. The minimum Gasteiger partial charge on any atom is -0.497 e. The third-order valence-corrected chi connectivity index (χ3v) is 8.37. The van der Waals surface area contributed by atoms with Gasteiger partial charge in [0, 0.05) is 12.6 Å². The molecule has 9 heteroatoms. The minimum absolute atomic E-state index is 0.0693. The van der Waals surface area contributed by atoms with Gasteiger partial charge < -0.3 is 15.0 Å². The summed E-state index contributed by atoms with van der Waals surface area (Å²) in [4.78, 5) is 28.5. The van der Waals surface area contributed by atoms with E-state index in [1.165, 1.54) is 17.0 Å². The van der Waals surface area contributed by atoms with E-state index >= 15 is 0 Å². The van der Waals surface area contributed by atoms with Gasteiger partial charge in [-0.2, -0.15) is 0 Å². The van der Waals surface area contributed by atoms with Crippen LogP contribution in [0.25, 0.3) is 0 Å². The second-order valence-corrected chi connectivity index (χ2v) is 11.4. The predicted molar refractivity (Wildman–Crippen MR) is 153 cm³/mol. The van der Waals surface area contributed by atoms with E-state index in [4.69, 9.17) is 4.74 Å². The first-order valence-electron chi connectivity index (χ1n) is 12.9. The molecule has 0 aliphatic heterocycles. The number of rotatable bonds is 12. The van der Waals surface area contributed by atoms with E-state index in [0.717, 1.165) is 21.9 Å². The van der Waals surface area contributed by atoms with E-state index in [2.05, 4.69) is 5.32 Å². The fourth-order valence-electron chi connectivity index (χ4n) is 4.01. The van der Waals surface area contributed by atoms with Crippen LogP contribution in [0.2, 0.25) is 0 Å². The first-order valence-corrected chi connectivity index (χ1v) is 14.4. The fraction of sp³-hybridized carbons (Fsp3) is 0.333. The molecule has 2 amide bonds. The number of aryl methyl sites for hydroxylation is 1. The largest absolute Gasteiger partial charge is 0.497 e. The molecule has 0 heterocycles. The smallest absolute Gasteiger partial charge is 0.264 e. The Labute approximate surface area is 231 Å². The van der Waals surface area contributed by atoms with Crippen molar-refractivity contribution in [2.24, 2.45) is 0 Å². The van der Waals surface area contributed by atoms with Gasteiger partial charge in [0.1, 0.15) is 18.3 Å². The second kappa shape index (κ2) is 13.3. The highest BCUT2D eigenvalue weighted by Gasteiger charge is 2.32. The quantitative estimate of drug-likeness (QED) is 0.357. The van der Waals surface area contributed by atoms with Crippen molar-refractivity contribution in [1.82, 2.24) is 10.2 Å². The van der Waals surface area contributed by atoms with E-state index in [1.807, 2.05) is 39.0 Å². The first kappa shape index (κ1) is 29.7. The molecule has 0 fully saturated rings. The van der Waals surface area contributed by atoms with Crippen molar-refractivity contribution in [2.45, 2.75) is 57.6 Å². The van der Waals surface area contributed by atoms with Crippen molar-refractivity contribution in [2.75, 3.05) is 18.0 Å². The van der Waals surface area contributed by atoms with Gasteiger partial charge in [-0.25, -0.2) is 8.42 Å². The summed E-state index contributed by atoms with van der Waals surface area (Å²) in [6.45, 7) is 7.01. The van der Waals surface area contributed by atoms with E-state index in [-0.39, 0.29) is 23.4 Å². The van der Waals surface area contributed by atoms with Gasteiger partial charge in [-0.15, -0.1) is 0 Å². The lowest BCUT2D eigenvalue weighted by Crippen LogP contribution is -2.52. The lowest BCUT2D eigenvalue weighted by atomic mass is 10.1. The van der Waals surface area contributed by atoms with Crippen LogP contribution in [0.3, 0.4) is 0 Å². The molecule has 8 nitrogen and oxygen atoms in total. The average molecular weight is 552 g/mol. The average Bonchev–Trinajstić information content (AvgIpc) is 2.94. The number of benzene rings is 3. The maximum absolute atomic E-state index is 13.9. The number of nitrogens with zero attached hydrogens (tertiary/aromatic N) is 2. The third-order valence-electron chi connectivity index (χ3n) is 6.58. The topological polar surface area (TPSA) is 96.0 Å². The summed E-state index contributed by atoms with van der Waals surface area (Å²) in [7, 11) is -2.51. The lowest BCUT2D eigenvalue weighted by Gasteiger charge is -2.32. The number of anilines is 1. The molecule has 0 aliphatic rings. The normalized spacial score (nSPS) is 12.7. The lowest BCUT2D eigenvalue weighted by molar-refractivity contribution is -0.139. The summed E-state index contributed by atoms with van der Waals surface area (Å²) in [6.07, 6.45) is 0.737. The van der Waals surface area contributed by atoms with Crippen LogP contribution in [-0.2, 0) is 26.2 Å². The summed E-state index contributed by atoms with van der Waals surface area (Å²) < 4.78 is 33.9. The number of amides is 2. The van der Waals surface area contributed by atoms with Crippen molar-refractivity contribution in [1.29, 1.82) is 0 Å². The Hall–Kier alpha value is -3.85. The molecule has 3 aromatic rings. The molecular weight excluding hydrogens is 514 g/mol. The Bertz CT molecular complexity index is 1360. The molecule has 3 aromatic carbocycles. The monoisotopic (exact) mass is 551 g/mol. The summed E-state index contributed by atoms with van der Waals surface area (Å²) in [5.74, 6) is -0.142. The molecule has 0 aromatic heterocycles. The summed E-state index contributed by atoms with van der Waals surface area (Å²) in [5, 5.41) is 2.93. The molecule has 0 aliphatic carbocycles. The van der Waals surface area contributed by atoms with Crippen LogP contribution in [0.1, 0.15) is 38.3 Å². The molecule has 0 saturated heterocycles. The van der Waals surface area contributed by atoms with Gasteiger partial charge in [0.2, 0.25) is 11.8 Å². The Kier molecular flexibility index (Phi) is 10.1. The van der Waals surface area contributed by atoms with Crippen molar-refractivity contribution in [3.8, 4) is 5.75 Å². The molecule has 0 unspecified atom stereocenters. The van der Waals surface area contributed by atoms with Crippen LogP contribution < -0.4 is 14.4 Å². The second-order valence-electron chi connectivity index (χ2n) is 9.53. The Morgan fingerprint density at radius 3 is 2.21 bits per heavy atom. The number of hydrogen-bond acceptors (Lipinski definition) is 5. The number of carbonyl (C=O) groups is 2. The zero-order valence-electron chi connectivity index (χ0n) is 23.1. The maximum atomic E-state index is 13.9. The number of ether oxygens (including phenoxy) is 1. The van der Waals surface area contributed by atoms with Gasteiger partial charge in [0.05, 0.1) is 17.7 Å². The number of hydrogen-bond donors (Lipinski definition) is 1. The molecule has 0 radical (unpaired) electrons. The zero-order chi connectivity index (χ0) is 28.6. The molecular formula is C30H37N3O5S. The van der Waals surface area contributed by atoms with Crippen molar-refractivity contribution >= 4 is 27.5 Å². The number of nitrogens with one attached hydrogen (secondary N) is 1. The predicted octanol–water partition coefficient (Wildman–Crippen LogP) is 4.53. The fourth-order valence-corrected chi connectivity index (χ4v) is 5.43. The van der Waals surface area contributed by atoms with Crippen LogP contribution in [0.15, 0.2) is 83.8 Å². The van der Waals surface area contributed by atoms with Crippen LogP contribution in [0.5, 0.6) is 5.75 Å². The van der Waals surface area contributed by atoms with Crippen molar-refractivity contribution in [3.05, 3.63) is 90.0 Å². The molecule has 2 atom stereocenters. The highest BCUT2D eigenvalue weighted by molar-refractivity contribution is 7.92. The van der Waals surface area contributed by atoms with Crippen molar-refractivity contribution < 1.29 is 22.7 Å². The molecule has 3 rings (SSSR count). The molecule has 208 valence electrons. The molecule has 0 spiro atoms. The number of sulfonamides is 1. The van der Waals surface area contributed by atoms with E-state index < -0.39 is 28.5 Å². The van der Waals surface area contributed by atoms with Gasteiger partial charge in [-0.3, -0.25) is 13.9 Å². The Balaban J connectivity index is 2.01. The number of carbonyl (C=O) groups excluding carboxylic acids is 2. The van der Waals surface area contributed by atoms with Gasteiger partial charge in [0.25, 0.3) is 10.0 Å². The Morgan fingerprint density at radius 2 is 1.62 bits per heavy atom. The first-order chi connectivity index (χ1) is 18.6. The highest BCUT2D eigenvalue weighted by Crippen LogP contribution is 2.25. The van der Waals surface area contributed by atoms with E-state index in [1.54, 1.807) is 62.6 Å². The van der Waals surface area contributed by atoms with Crippen LogP contribution in [-0.4, -0.2) is 50.9 Å². The van der Waals surface area contributed by atoms with Crippen LogP contribution in [0, 0.1) is 6.92 Å². The summed E-state index contributed by atoms with van der Waals surface area (Å²) in [6, 6.07) is 21.3. The third kappa shape index (κ3) is 7.60. The van der Waals surface area contributed by atoms with Gasteiger partial charge >= 0.3 is 0 Å². The standard InChI is InChI=1S/C30H37N3O5S/c1-6-23(3)31-30(35)24(4)32(20-25-15-17-27(38-5)18-16-25)29(34)21-33(26-12-10-11-22(2)19-26)39(36,37)28-13-8-7-9-14-28/h7-19,23-24H,6,20-21H2,1-5H3,(H,31,35)/t23-,24+/m0/s1. The maximum Gasteiger partial charge on any atom is 0.264 e. The summed E-state index contributed by atoms with van der Waals surface area (Å²) in [5.41, 5.74) is 2.00. The minimum atomic E-state index is -4.08. The summed E-state index contributed by atoms with van der Waals surface area (Å²) >= 11 is 0. The van der Waals surface area contributed by atoms with Crippen LogP contribution in [0.4, 0.5) is 5.69 Å². The van der Waals surface area contributed by atoms with E-state index in [9.17, 15) is 18.0 Å². The van der Waals surface area contributed by atoms with E-state index in [0.29, 0.717) is 11.4 Å². The van der Waals surface area contributed by atoms with Gasteiger partial charge in [0.15, 0.2) is 0 Å². The van der Waals surface area contributed by atoms with Crippen molar-refractivity contribution in [3.63, 3.8) is 0 Å². The highest BCUT2D eigenvalue weighted by atomic mass is 32.2. The molecule has 0 saturated carbocycles. The number of methoxy groups -OCH3 is 1. The molecule has 0 bridgehead atoms. The molecule has 39 heavy (non-hydrogen) atoms. The van der Waals surface area contributed by atoms with Gasteiger partial charge in [-0.1, -0.05) is 49.4 Å².